The number of hydrogen-bond donors (Lipinski definition) is 3. The van der Waals surface area contributed by atoms with Crippen LogP contribution in [0, 0.1) is 5.41 Å². The van der Waals surface area contributed by atoms with Gasteiger partial charge in [-0.05, 0) is 42.9 Å². The molecule has 0 saturated heterocycles. The van der Waals surface area contributed by atoms with Gasteiger partial charge in [0.15, 0.2) is 0 Å². The Balaban J connectivity index is 2.05. The molecule has 0 bridgehead atoms. The molecule has 5 heteroatoms. The first-order chi connectivity index (χ1) is 8.56. The minimum absolute atomic E-state index is 0.0604. The van der Waals surface area contributed by atoms with E-state index in [2.05, 4.69) is 5.32 Å². The lowest BCUT2D eigenvalue weighted by atomic mass is 10.0. The SMILES string of the molecule is Nc1ccc(NCC2(CCO)CC2)c(C(F)F)c1. The molecule has 3 nitrogen and oxygen atoms in total. The van der Waals surface area contributed by atoms with Crippen molar-refractivity contribution in [3.8, 4) is 0 Å². The van der Waals surface area contributed by atoms with Crippen LogP contribution in [-0.2, 0) is 0 Å². The molecule has 0 aromatic heterocycles. The Bertz CT molecular complexity index is 419. The zero-order chi connectivity index (χ0) is 13.2. The number of aliphatic hydroxyl groups excluding tert-OH is 1. The second-order valence-corrected chi connectivity index (χ2v) is 4.97. The quantitative estimate of drug-likeness (QED) is 0.686. The topological polar surface area (TPSA) is 58.3 Å². The summed E-state index contributed by atoms with van der Waals surface area (Å²) >= 11 is 0. The first kappa shape index (κ1) is 13.1. The molecule has 1 aromatic rings. The van der Waals surface area contributed by atoms with Crippen LogP contribution >= 0.6 is 0 Å². The maximum atomic E-state index is 12.9. The Labute approximate surface area is 105 Å². The van der Waals surface area contributed by atoms with Crippen LogP contribution < -0.4 is 11.1 Å². The summed E-state index contributed by atoms with van der Waals surface area (Å²) in [6.45, 7) is 0.766. The molecule has 1 aromatic carbocycles. The lowest BCUT2D eigenvalue weighted by molar-refractivity contribution is 0.152. The van der Waals surface area contributed by atoms with Crippen molar-refractivity contribution in [2.24, 2.45) is 5.41 Å². The molecule has 0 radical (unpaired) electrons. The summed E-state index contributed by atoms with van der Waals surface area (Å²) < 4.78 is 25.7. The Morgan fingerprint density at radius 3 is 2.67 bits per heavy atom. The highest BCUT2D eigenvalue weighted by Crippen LogP contribution is 2.48. The summed E-state index contributed by atoms with van der Waals surface area (Å²) in [5, 5.41) is 12.0. The van der Waals surface area contributed by atoms with Crippen molar-refractivity contribution >= 4 is 11.4 Å². The fraction of sp³-hybridized carbons (Fsp3) is 0.538. The van der Waals surface area contributed by atoms with Crippen molar-refractivity contribution < 1.29 is 13.9 Å². The van der Waals surface area contributed by atoms with Crippen LogP contribution in [0.5, 0.6) is 0 Å². The summed E-state index contributed by atoms with van der Waals surface area (Å²) in [5.41, 5.74) is 6.32. The summed E-state index contributed by atoms with van der Waals surface area (Å²) in [7, 11) is 0. The number of nitrogens with one attached hydrogen (secondary N) is 1. The monoisotopic (exact) mass is 256 g/mol. The van der Waals surface area contributed by atoms with Gasteiger partial charge in [-0.3, -0.25) is 0 Å². The Morgan fingerprint density at radius 2 is 2.11 bits per heavy atom. The fourth-order valence-electron chi connectivity index (χ4n) is 2.13. The van der Waals surface area contributed by atoms with Crippen LogP contribution in [0.4, 0.5) is 20.2 Å². The van der Waals surface area contributed by atoms with Gasteiger partial charge in [0.05, 0.1) is 0 Å². The lowest BCUT2D eigenvalue weighted by Crippen LogP contribution is -2.17. The molecule has 1 saturated carbocycles. The van der Waals surface area contributed by atoms with Crippen LogP contribution in [0.1, 0.15) is 31.3 Å². The van der Waals surface area contributed by atoms with E-state index < -0.39 is 6.43 Å². The maximum Gasteiger partial charge on any atom is 0.265 e. The summed E-state index contributed by atoms with van der Waals surface area (Å²) in [6.07, 6.45) is 0.266. The van der Waals surface area contributed by atoms with Crippen LogP contribution in [0.15, 0.2) is 18.2 Å². The fourth-order valence-corrected chi connectivity index (χ4v) is 2.13. The predicted molar refractivity (Wildman–Crippen MR) is 67.7 cm³/mol. The summed E-state index contributed by atoms with van der Waals surface area (Å²) in [6, 6.07) is 4.50. The number of aliphatic hydroxyl groups is 1. The number of benzene rings is 1. The molecule has 0 spiro atoms. The molecule has 0 heterocycles. The van der Waals surface area contributed by atoms with Gasteiger partial charge in [-0.2, -0.15) is 0 Å². The van der Waals surface area contributed by atoms with Gasteiger partial charge in [0, 0.05) is 30.1 Å². The second kappa shape index (κ2) is 5.10. The highest BCUT2D eigenvalue weighted by atomic mass is 19.3. The molecular weight excluding hydrogens is 238 g/mol. The molecule has 4 N–H and O–H groups in total. The van der Waals surface area contributed by atoms with Crippen LogP contribution in [0.25, 0.3) is 0 Å². The summed E-state index contributed by atoms with van der Waals surface area (Å²) in [5.74, 6) is 0. The number of nitrogen functional groups attached to an aromatic ring is 1. The first-order valence-corrected chi connectivity index (χ1v) is 6.09. The van der Waals surface area contributed by atoms with Gasteiger partial charge >= 0.3 is 0 Å². The van der Waals surface area contributed by atoms with Gasteiger partial charge in [-0.25, -0.2) is 8.78 Å². The zero-order valence-corrected chi connectivity index (χ0v) is 10.1. The number of halogens is 2. The Kier molecular flexibility index (Phi) is 3.71. The van der Waals surface area contributed by atoms with Gasteiger partial charge in [0.1, 0.15) is 0 Å². The van der Waals surface area contributed by atoms with Crippen molar-refractivity contribution in [2.75, 3.05) is 24.2 Å². The lowest BCUT2D eigenvalue weighted by Gasteiger charge is -2.18. The van der Waals surface area contributed by atoms with E-state index in [1.165, 1.54) is 6.07 Å². The molecule has 0 amide bonds. The molecule has 1 aliphatic carbocycles. The molecule has 2 rings (SSSR count). The normalized spacial score (nSPS) is 16.9. The van der Waals surface area contributed by atoms with Crippen molar-refractivity contribution in [3.05, 3.63) is 23.8 Å². The third kappa shape index (κ3) is 2.90. The van der Waals surface area contributed by atoms with Crippen molar-refractivity contribution in [2.45, 2.75) is 25.7 Å². The molecule has 0 unspecified atom stereocenters. The number of alkyl halides is 2. The smallest absolute Gasteiger partial charge is 0.265 e. The van der Waals surface area contributed by atoms with E-state index in [-0.39, 0.29) is 17.6 Å². The Hall–Kier alpha value is -1.36. The predicted octanol–water partition coefficient (Wildman–Crippen LogP) is 2.78. The van der Waals surface area contributed by atoms with Crippen molar-refractivity contribution in [3.63, 3.8) is 0 Å². The van der Waals surface area contributed by atoms with Crippen molar-refractivity contribution in [1.82, 2.24) is 0 Å². The molecule has 1 fully saturated rings. The van der Waals surface area contributed by atoms with Gasteiger partial charge in [0.2, 0.25) is 0 Å². The number of hydrogen-bond acceptors (Lipinski definition) is 3. The Morgan fingerprint density at radius 1 is 1.39 bits per heavy atom. The average molecular weight is 256 g/mol. The van der Waals surface area contributed by atoms with Gasteiger partial charge in [-0.15, -0.1) is 0 Å². The van der Waals surface area contributed by atoms with Crippen LogP contribution in [0.2, 0.25) is 0 Å². The van der Waals surface area contributed by atoms with Crippen LogP contribution in [0.3, 0.4) is 0 Å². The average Bonchev–Trinajstić information content (AvgIpc) is 3.08. The molecule has 18 heavy (non-hydrogen) atoms. The number of anilines is 2. The number of nitrogens with two attached hydrogens (primary N) is 1. The van der Waals surface area contributed by atoms with E-state index in [9.17, 15) is 8.78 Å². The third-order valence-electron chi connectivity index (χ3n) is 3.56. The van der Waals surface area contributed by atoms with E-state index in [4.69, 9.17) is 10.8 Å². The minimum Gasteiger partial charge on any atom is -0.399 e. The summed E-state index contributed by atoms with van der Waals surface area (Å²) in [4.78, 5) is 0. The van der Waals surface area contributed by atoms with E-state index >= 15 is 0 Å². The van der Waals surface area contributed by atoms with E-state index in [0.717, 1.165) is 19.3 Å². The highest BCUT2D eigenvalue weighted by Gasteiger charge is 2.41. The third-order valence-corrected chi connectivity index (χ3v) is 3.56. The minimum atomic E-state index is -2.54. The molecular formula is C13H18F2N2O. The van der Waals surface area contributed by atoms with Gasteiger partial charge < -0.3 is 16.2 Å². The first-order valence-electron chi connectivity index (χ1n) is 6.09. The molecule has 1 aliphatic rings. The number of rotatable bonds is 6. The standard InChI is InChI=1S/C13H18F2N2O/c14-12(15)10-7-9(16)1-2-11(10)17-8-13(3-4-13)5-6-18/h1-2,7,12,17-18H,3-6,8,16H2. The van der Waals surface area contributed by atoms with E-state index in [0.29, 0.717) is 17.9 Å². The largest absolute Gasteiger partial charge is 0.399 e. The van der Waals surface area contributed by atoms with Crippen molar-refractivity contribution in [1.29, 1.82) is 0 Å². The zero-order valence-electron chi connectivity index (χ0n) is 10.1. The second-order valence-electron chi connectivity index (χ2n) is 4.97. The van der Waals surface area contributed by atoms with Gasteiger partial charge in [0.25, 0.3) is 6.43 Å². The molecule has 0 atom stereocenters. The van der Waals surface area contributed by atoms with Gasteiger partial charge in [-0.1, -0.05) is 0 Å². The van der Waals surface area contributed by atoms with E-state index in [1.807, 2.05) is 0 Å². The highest BCUT2D eigenvalue weighted by molar-refractivity contribution is 5.58. The molecule has 0 aliphatic heterocycles. The van der Waals surface area contributed by atoms with E-state index in [1.54, 1.807) is 12.1 Å². The maximum absolute atomic E-state index is 12.9. The molecule has 100 valence electrons. The van der Waals surface area contributed by atoms with Crippen LogP contribution in [-0.4, -0.2) is 18.3 Å².